The van der Waals surface area contributed by atoms with E-state index in [1.165, 1.54) is 5.56 Å². The van der Waals surface area contributed by atoms with E-state index in [4.69, 9.17) is 0 Å². The Morgan fingerprint density at radius 1 is 1.00 bits per heavy atom. The highest BCUT2D eigenvalue weighted by atomic mass is 15.0. The van der Waals surface area contributed by atoms with Gasteiger partial charge in [-0.25, -0.2) is 0 Å². The molecule has 0 fully saturated rings. The molecule has 1 heterocycles. The van der Waals surface area contributed by atoms with E-state index in [0.717, 1.165) is 6.42 Å². The quantitative estimate of drug-likeness (QED) is 0.689. The SMILES string of the molecule is CCC(c1ccccc1)n1cccc1. The third-order valence-corrected chi connectivity index (χ3v) is 2.56. The lowest BCUT2D eigenvalue weighted by molar-refractivity contribution is 0.569. The first-order valence-corrected chi connectivity index (χ1v) is 5.09. The predicted octanol–water partition coefficient (Wildman–Crippen LogP) is 3.49. The molecule has 0 spiro atoms. The number of rotatable bonds is 3. The normalized spacial score (nSPS) is 12.6. The Kier molecular flexibility index (Phi) is 2.68. The van der Waals surface area contributed by atoms with Crippen molar-refractivity contribution >= 4 is 0 Å². The minimum atomic E-state index is 0.478. The molecule has 0 amide bonds. The van der Waals surface area contributed by atoms with Crippen molar-refractivity contribution in [2.75, 3.05) is 0 Å². The number of hydrogen-bond acceptors (Lipinski definition) is 0. The van der Waals surface area contributed by atoms with E-state index >= 15 is 0 Å². The molecule has 1 nitrogen and oxygen atoms in total. The largest absolute Gasteiger partial charge is 0.347 e. The van der Waals surface area contributed by atoms with Crippen LogP contribution in [-0.2, 0) is 0 Å². The minimum absolute atomic E-state index is 0.478. The van der Waals surface area contributed by atoms with Crippen molar-refractivity contribution in [3.63, 3.8) is 0 Å². The Morgan fingerprint density at radius 3 is 2.21 bits per heavy atom. The lowest BCUT2D eigenvalue weighted by Crippen LogP contribution is -2.06. The molecule has 0 N–H and O–H groups in total. The second-order valence-corrected chi connectivity index (χ2v) is 3.46. The van der Waals surface area contributed by atoms with Crippen LogP contribution in [-0.4, -0.2) is 4.57 Å². The lowest BCUT2D eigenvalue weighted by Gasteiger charge is -2.17. The fourth-order valence-corrected chi connectivity index (χ4v) is 1.85. The highest BCUT2D eigenvalue weighted by molar-refractivity contribution is 5.20. The zero-order valence-corrected chi connectivity index (χ0v) is 8.43. The molecule has 0 radical (unpaired) electrons. The van der Waals surface area contributed by atoms with Crippen LogP contribution in [0.4, 0.5) is 0 Å². The standard InChI is InChI=1S/C13H15N/c1-2-13(14-10-6-7-11-14)12-8-4-3-5-9-12/h3-11,13H,2H2,1H3. The summed E-state index contributed by atoms with van der Waals surface area (Å²) in [5.74, 6) is 0. The van der Waals surface area contributed by atoms with Crippen LogP contribution in [0.2, 0.25) is 0 Å². The van der Waals surface area contributed by atoms with Gasteiger partial charge in [0, 0.05) is 12.4 Å². The third kappa shape index (κ3) is 1.72. The first-order valence-electron chi connectivity index (χ1n) is 5.09. The molecule has 72 valence electrons. The average Bonchev–Trinajstić information content (AvgIpc) is 2.74. The topological polar surface area (TPSA) is 4.93 Å². The fraction of sp³-hybridized carbons (Fsp3) is 0.231. The maximum atomic E-state index is 2.26. The van der Waals surface area contributed by atoms with Gasteiger partial charge in [-0.05, 0) is 24.1 Å². The fourth-order valence-electron chi connectivity index (χ4n) is 1.85. The van der Waals surface area contributed by atoms with Gasteiger partial charge in [0.1, 0.15) is 0 Å². The first kappa shape index (κ1) is 9.07. The van der Waals surface area contributed by atoms with E-state index in [1.807, 2.05) is 0 Å². The molecule has 0 aliphatic carbocycles. The summed E-state index contributed by atoms with van der Waals surface area (Å²) in [5, 5.41) is 0. The van der Waals surface area contributed by atoms with E-state index in [0.29, 0.717) is 6.04 Å². The number of hydrogen-bond donors (Lipinski definition) is 0. The van der Waals surface area contributed by atoms with Crippen molar-refractivity contribution in [3.05, 3.63) is 60.4 Å². The molecule has 0 aliphatic rings. The van der Waals surface area contributed by atoms with Crippen LogP contribution >= 0.6 is 0 Å². The molecule has 1 aromatic carbocycles. The molecule has 2 aromatic rings. The van der Waals surface area contributed by atoms with E-state index in [1.54, 1.807) is 0 Å². The van der Waals surface area contributed by atoms with E-state index < -0.39 is 0 Å². The first-order chi connectivity index (χ1) is 6.92. The number of benzene rings is 1. The van der Waals surface area contributed by atoms with Crippen molar-refractivity contribution in [1.82, 2.24) is 4.57 Å². The minimum Gasteiger partial charge on any atom is -0.347 e. The highest BCUT2D eigenvalue weighted by Gasteiger charge is 2.08. The van der Waals surface area contributed by atoms with Gasteiger partial charge >= 0.3 is 0 Å². The van der Waals surface area contributed by atoms with Crippen molar-refractivity contribution < 1.29 is 0 Å². The van der Waals surface area contributed by atoms with Gasteiger partial charge in [-0.2, -0.15) is 0 Å². The Bertz CT molecular complexity index is 361. The van der Waals surface area contributed by atoms with Crippen LogP contribution < -0.4 is 0 Å². The van der Waals surface area contributed by atoms with Gasteiger partial charge in [-0.15, -0.1) is 0 Å². The monoisotopic (exact) mass is 185 g/mol. The van der Waals surface area contributed by atoms with E-state index in [2.05, 4.69) is 66.3 Å². The molecule has 1 unspecified atom stereocenters. The molecule has 2 rings (SSSR count). The molecule has 0 aliphatic heterocycles. The molecule has 0 bridgehead atoms. The maximum absolute atomic E-state index is 2.26. The van der Waals surface area contributed by atoms with Crippen molar-refractivity contribution in [2.24, 2.45) is 0 Å². The maximum Gasteiger partial charge on any atom is 0.0577 e. The Balaban J connectivity index is 2.31. The van der Waals surface area contributed by atoms with Crippen LogP contribution in [0.15, 0.2) is 54.9 Å². The predicted molar refractivity (Wildman–Crippen MR) is 59.3 cm³/mol. The number of aromatic nitrogens is 1. The summed E-state index contributed by atoms with van der Waals surface area (Å²) >= 11 is 0. The zero-order chi connectivity index (χ0) is 9.80. The van der Waals surface area contributed by atoms with Gasteiger partial charge in [0.2, 0.25) is 0 Å². The third-order valence-electron chi connectivity index (χ3n) is 2.56. The zero-order valence-electron chi connectivity index (χ0n) is 8.43. The molecule has 1 atom stereocenters. The van der Waals surface area contributed by atoms with Gasteiger partial charge in [-0.3, -0.25) is 0 Å². The van der Waals surface area contributed by atoms with E-state index in [-0.39, 0.29) is 0 Å². The smallest absolute Gasteiger partial charge is 0.0577 e. The van der Waals surface area contributed by atoms with Gasteiger partial charge < -0.3 is 4.57 Å². The summed E-state index contributed by atoms with van der Waals surface area (Å²) in [6, 6.07) is 15.3. The van der Waals surface area contributed by atoms with Crippen LogP contribution in [0.5, 0.6) is 0 Å². The summed E-state index contributed by atoms with van der Waals surface area (Å²) in [6.45, 7) is 2.22. The van der Waals surface area contributed by atoms with Crippen LogP contribution in [0, 0.1) is 0 Å². The second-order valence-electron chi connectivity index (χ2n) is 3.46. The number of nitrogens with zero attached hydrogens (tertiary/aromatic N) is 1. The Hall–Kier alpha value is -1.50. The Labute approximate surface area is 85.0 Å². The van der Waals surface area contributed by atoms with E-state index in [9.17, 15) is 0 Å². The highest BCUT2D eigenvalue weighted by Crippen LogP contribution is 2.21. The Morgan fingerprint density at radius 2 is 1.64 bits per heavy atom. The summed E-state index contributed by atoms with van der Waals surface area (Å²) in [4.78, 5) is 0. The summed E-state index contributed by atoms with van der Waals surface area (Å²) in [5.41, 5.74) is 1.38. The van der Waals surface area contributed by atoms with Crippen LogP contribution in [0.1, 0.15) is 24.9 Å². The van der Waals surface area contributed by atoms with Crippen molar-refractivity contribution in [2.45, 2.75) is 19.4 Å². The van der Waals surface area contributed by atoms with Crippen molar-refractivity contribution in [3.8, 4) is 0 Å². The molecular weight excluding hydrogens is 170 g/mol. The molecule has 1 heteroatoms. The summed E-state index contributed by atoms with van der Waals surface area (Å²) in [7, 11) is 0. The van der Waals surface area contributed by atoms with Gasteiger partial charge in [-0.1, -0.05) is 37.3 Å². The van der Waals surface area contributed by atoms with Gasteiger partial charge in [0.05, 0.1) is 6.04 Å². The molecular formula is C13H15N. The van der Waals surface area contributed by atoms with Gasteiger partial charge in [0.25, 0.3) is 0 Å². The van der Waals surface area contributed by atoms with Crippen molar-refractivity contribution in [1.29, 1.82) is 0 Å². The second kappa shape index (κ2) is 4.14. The summed E-state index contributed by atoms with van der Waals surface area (Å²) < 4.78 is 2.26. The van der Waals surface area contributed by atoms with Gasteiger partial charge in [0.15, 0.2) is 0 Å². The lowest BCUT2D eigenvalue weighted by atomic mass is 10.0. The molecule has 0 saturated carbocycles. The average molecular weight is 185 g/mol. The molecule has 0 saturated heterocycles. The van der Waals surface area contributed by atoms with Crippen LogP contribution in [0.25, 0.3) is 0 Å². The molecule has 14 heavy (non-hydrogen) atoms. The summed E-state index contributed by atoms with van der Waals surface area (Å²) in [6.07, 6.45) is 5.38. The molecule has 1 aromatic heterocycles. The van der Waals surface area contributed by atoms with Crippen LogP contribution in [0.3, 0.4) is 0 Å².